The van der Waals surface area contributed by atoms with Gasteiger partial charge >= 0.3 is 5.69 Å². The van der Waals surface area contributed by atoms with Crippen molar-refractivity contribution >= 4 is 45.9 Å². The Labute approximate surface area is 203 Å². The zero-order valence-corrected chi connectivity index (χ0v) is 18.9. The van der Waals surface area contributed by atoms with Gasteiger partial charge in [-0.05, 0) is 36.2 Å². The molecule has 1 atom stereocenters. The Morgan fingerprint density at radius 2 is 1.97 bits per heavy atom. The number of nitrogens with zero attached hydrogens (tertiary/aromatic N) is 4. The first-order valence-electron chi connectivity index (χ1n) is 11.5. The van der Waals surface area contributed by atoms with Gasteiger partial charge in [0, 0.05) is 23.9 Å². The van der Waals surface area contributed by atoms with E-state index >= 15 is 0 Å². The molecule has 0 fully saturated rings. The van der Waals surface area contributed by atoms with Gasteiger partial charge in [0.15, 0.2) is 0 Å². The van der Waals surface area contributed by atoms with E-state index in [4.69, 9.17) is 0 Å². The number of fused-ring (bicyclic) bond motifs is 3. The van der Waals surface area contributed by atoms with E-state index in [2.05, 4.69) is 25.9 Å². The number of benzene rings is 1. The zero-order chi connectivity index (χ0) is 24.6. The van der Waals surface area contributed by atoms with Gasteiger partial charge in [0.1, 0.15) is 18.9 Å². The number of para-hydroxylation sites is 1. The van der Waals surface area contributed by atoms with Crippen LogP contribution in [0.4, 0.5) is 17.2 Å². The monoisotopic (exact) mass is 481 g/mol. The third kappa shape index (κ3) is 2.79. The van der Waals surface area contributed by atoms with Crippen LogP contribution in [0.2, 0.25) is 0 Å². The summed E-state index contributed by atoms with van der Waals surface area (Å²) in [5.74, 6) is -0.198. The van der Waals surface area contributed by atoms with E-state index in [-0.39, 0.29) is 24.9 Å². The van der Waals surface area contributed by atoms with E-state index in [9.17, 15) is 19.2 Å². The van der Waals surface area contributed by atoms with Gasteiger partial charge in [-0.15, -0.1) is 0 Å². The lowest BCUT2D eigenvalue weighted by atomic mass is 9.80. The molecule has 3 aromatic heterocycles. The van der Waals surface area contributed by atoms with Crippen LogP contribution in [0.5, 0.6) is 0 Å². The van der Waals surface area contributed by atoms with Gasteiger partial charge in [-0.3, -0.25) is 28.5 Å². The van der Waals surface area contributed by atoms with Crippen LogP contribution in [-0.2, 0) is 45.7 Å². The Kier molecular flexibility index (Phi) is 4.06. The molecule has 11 nitrogen and oxygen atoms in total. The number of nitrogens with one attached hydrogen (secondary N) is 3. The maximum absolute atomic E-state index is 13.0. The van der Waals surface area contributed by atoms with Crippen molar-refractivity contribution in [2.75, 3.05) is 16.0 Å². The van der Waals surface area contributed by atoms with Crippen molar-refractivity contribution in [3.8, 4) is 0 Å². The summed E-state index contributed by atoms with van der Waals surface area (Å²) in [7, 11) is 0. The summed E-state index contributed by atoms with van der Waals surface area (Å²) in [6.07, 6.45) is 4.13. The van der Waals surface area contributed by atoms with Crippen molar-refractivity contribution in [2.45, 2.75) is 31.3 Å². The van der Waals surface area contributed by atoms with E-state index in [1.54, 1.807) is 30.6 Å². The average Bonchev–Trinajstić information content (AvgIpc) is 3.46. The molecule has 1 aliphatic carbocycles. The third-order valence-corrected chi connectivity index (χ3v) is 7.21. The van der Waals surface area contributed by atoms with Crippen LogP contribution in [0.25, 0.3) is 11.0 Å². The molecular formula is C25H19N7O4. The fourth-order valence-electron chi connectivity index (χ4n) is 5.64. The molecule has 7 rings (SSSR count). The minimum Gasteiger partial charge on any atom is -0.323 e. The summed E-state index contributed by atoms with van der Waals surface area (Å²) in [6, 6.07) is 10.8. The molecule has 3 amide bonds. The molecule has 5 heterocycles. The van der Waals surface area contributed by atoms with Gasteiger partial charge in [0.2, 0.25) is 17.7 Å². The van der Waals surface area contributed by atoms with Crippen molar-refractivity contribution in [1.29, 1.82) is 0 Å². The number of anilines is 3. The van der Waals surface area contributed by atoms with Crippen molar-refractivity contribution in [2.24, 2.45) is 0 Å². The Balaban J connectivity index is 1.15. The smallest absolute Gasteiger partial charge is 0.323 e. The average molecular weight is 481 g/mol. The molecule has 4 aromatic rings. The van der Waals surface area contributed by atoms with Crippen LogP contribution in [0.15, 0.2) is 53.6 Å². The summed E-state index contributed by atoms with van der Waals surface area (Å²) in [4.78, 5) is 59.6. The second-order valence-corrected chi connectivity index (χ2v) is 9.34. The molecule has 2 aliphatic heterocycles. The summed E-state index contributed by atoms with van der Waals surface area (Å²) in [5.41, 5.74) is 3.59. The van der Waals surface area contributed by atoms with Crippen LogP contribution >= 0.6 is 0 Å². The predicted molar refractivity (Wildman–Crippen MR) is 130 cm³/mol. The molecule has 178 valence electrons. The number of pyridine rings is 2. The first-order valence-corrected chi connectivity index (χ1v) is 11.5. The lowest BCUT2D eigenvalue weighted by molar-refractivity contribution is -0.120. The zero-order valence-electron chi connectivity index (χ0n) is 18.9. The number of hydrogen-bond donors (Lipinski definition) is 3. The highest BCUT2D eigenvalue weighted by Gasteiger charge is 2.51. The van der Waals surface area contributed by atoms with Crippen molar-refractivity contribution < 1.29 is 14.4 Å². The summed E-state index contributed by atoms with van der Waals surface area (Å²) in [6.45, 7) is -0.313. The molecular weight excluding hydrogens is 462 g/mol. The summed E-state index contributed by atoms with van der Waals surface area (Å²) >= 11 is 0. The number of hydrogen-bond acceptors (Lipinski definition) is 6. The van der Waals surface area contributed by atoms with Crippen molar-refractivity contribution in [3.05, 3.63) is 76.1 Å². The highest BCUT2D eigenvalue weighted by molar-refractivity contribution is 6.06. The number of aromatic nitrogens is 4. The summed E-state index contributed by atoms with van der Waals surface area (Å²) in [5, 5.41) is 8.45. The molecule has 1 unspecified atom stereocenters. The van der Waals surface area contributed by atoms with Crippen LogP contribution in [0.3, 0.4) is 0 Å². The Morgan fingerprint density at radius 1 is 1.08 bits per heavy atom. The van der Waals surface area contributed by atoms with E-state index in [1.165, 1.54) is 9.13 Å². The molecule has 11 heteroatoms. The van der Waals surface area contributed by atoms with Crippen molar-refractivity contribution in [1.82, 2.24) is 19.1 Å². The van der Waals surface area contributed by atoms with E-state index in [0.717, 1.165) is 16.8 Å². The fourth-order valence-corrected chi connectivity index (χ4v) is 5.64. The SMILES string of the molecule is O=C(Cn1c(=O)n2c3c(cccc31)NC(=O)C2)Nc1cnc2c(c1)CC1(C2)C(=O)Nc2ncccc21. The number of imidazole rings is 1. The Morgan fingerprint density at radius 3 is 2.86 bits per heavy atom. The summed E-state index contributed by atoms with van der Waals surface area (Å²) < 4.78 is 2.74. The first kappa shape index (κ1) is 20.6. The van der Waals surface area contributed by atoms with E-state index in [0.29, 0.717) is 41.1 Å². The molecule has 36 heavy (non-hydrogen) atoms. The molecule has 0 saturated heterocycles. The molecule has 1 spiro atoms. The van der Waals surface area contributed by atoms with Gasteiger partial charge in [-0.1, -0.05) is 12.1 Å². The van der Waals surface area contributed by atoms with Gasteiger partial charge in [0.05, 0.1) is 34.0 Å². The van der Waals surface area contributed by atoms with Crippen LogP contribution in [-0.4, -0.2) is 36.8 Å². The minimum absolute atomic E-state index is 0.0936. The maximum atomic E-state index is 13.0. The molecule has 0 radical (unpaired) electrons. The second-order valence-electron chi connectivity index (χ2n) is 9.34. The van der Waals surface area contributed by atoms with Gasteiger partial charge < -0.3 is 16.0 Å². The molecule has 3 N–H and O–H groups in total. The third-order valence-electron chi connectivity index (χ3n) is 7.21. The highest BCUT2D eigenvalue weighted by Crippen LogP contribution is 2.46. The molecule has 0 bridgehead atoms. The van der Waals surface area contributed by atoms with Crippen LogP contribution in [0.1, 0.15) is 16.8 Å². The van der Waals surface area contributed by atoms with Crippen LogP contribution < -0.4 is 21.6 Å². The first-order chi connectivity index (χ1) is 17.4. The molecule has 3 aliphatic rings. The standard InChI is InChI=1S/C25H19N7O4/c33-19(11-31-18-5-1-4-16-21(18)32(24(31)36)12-20(34)29-16)28-14-7-13-8-25(9-17(13)27-10-14)15-3-2-6-26-22(15)30-23(25)35/h1-7,10H,8-9,11-12H2,(H,28,33)(H,29,34)(H,26,30,35). The second kappa shape index (κ2) is 7.11. The predicted octanol–water partition coefficient (Wildman–Crippen LogP) is 1.17. The number of carbonyl (C=O) groups excluding carboxylic acids is 3. The number of amides is 3. The number of rotatable bonds is 3. The van der Waals surface area contributed by atoms with Gasteiger partial charge in [-0.25, -0.2) is 9.78 Å². The van der Waals surface area contributed by atoms with E-state index < -0.39 is 17.0 Å². The minimum atomic E-state index is -0.744. The molecule has 1 aromatic carbocycles. The fraction of sp³-hybridized carbons (Fsp3) is 0.200. The van der Waals surface area contributed by atoms with Crippen molar-refractivity contribution in [3.63, 3.8) is 0 Å². The lowest BCUT2D eigenvalue weighted by Crippen LogP contribution is -2.35. The van der Waals surface area contributed by atoms with Crippen LogP contribution in [0, 0.1) is 0 Å². The Bertz CT molecular complexity index is 1720. The Hall–Kier alpha value is -4.80. The lowest BCUT2D eigenvalue weighted by Gasteiger charge is -2.19. The normalized spacial score (nSPS) is 19.2. The highest BCUT2D eigenvalue weighted by atomic mass is 16.2. The largest absolute Gasteiger partial charge is 0.330 e. The van der Waals surface area contributed by atoms with E-state index in [1.807, 2.05) is 18.2 Å². The topological polar surface area (TPSA) is 140 Å². The van der Waals surface area contributed by atoms with Gasteiger partial charge in [0.25, 0.3) is 0 Å². The maximum Gasteiger partial charge on any atom is 0.330 e. The molecule has 0 saturated carbocycles. The van der Waals surface area contributed by atoms with Gasteiger partial charge in [-0.2, -0.15) is 0 Å². The quantitative estimate of drug-likeness (QED) is 0.401. The number of carbonyl (C=O) groups is 3.